The number of amides is 1. The van der Waals surface area contributed by atoms with Gasteiger partial charge in [0.1, 0.15) is 0 Å². The van der Waals surface area contributed by atoms with Crippen LogP contribution in [0, 0.1) is 0 Å². The minimum absolute atomic E-state index is 0. The van der Waals surface area contributed by atoms with E-state index in [1.54, 1.807) is 19.0 Å². The van der Waals surface area contributed by atoms with Gasteiger partial charge in [0.2, 0.25) is 0 Å². The number of rotatable bonds is 7. The minimum atomic E-state index is -0.102. The minimum Gasteiger partial charge on any atom is -0.357 e. The maximum absolute atomic E-state index is 12.0. The fraction of sp³-hybridized carbons (Fsp3) is 0.391. The van der Waals surface area contributed by atoms with Crippen molar-refractivity contribution in [2.24, 2.45) is 4.99 Å². The van der Waals surface area contributed by atoms with Crippen molar-refractivity contribution in [1.82, 2.24) is 15.5 Å². The molecule has 0 saturated carbocycles. The molecule has 0 spiro atoms. The van der Waals surface area contributed by atoms with Gasteiger partial charge in [-0.1, -0.05) is 49.7 Å². The predicted molar refractivity (Wildman–Crippen MR) is 137 cm³/mol. The van der Waals surface area contributed by atoms with Gasteiger partial charge in [-0.3, -0.25) is 4.79 Å². The third-order valence-electron chi connectivity index (χ3n) is 4.67. The molecule has 0 aromatic heterocycles. The molecule has 0 saturated heterocycles. The van der Waals surface area contributed by atoms with Crippen LogP contribution in [0.5, 0.6) is 0 Å². The Morgan fingerprint density at radius 3 is 2.33 bits per heavy atom. The third-order valence-corrected chi connectivity index (χ3v) is 4.91. The van der Waals surface area contributed by atoms with Crippen molar-refractivity contribution < 1.29 is 4.79 Å². The van der Waals surface area contributed by atoms with Gasteiger partial charge >= 0.3 is 0 Å². The number of carbonyl (C=O) groups is 1. The molecule has 0 aliphatic heterocycles. The summed E-state index contributed by atoms with van der Waals surface area (Å²) >= 11 is 6.15. The van der Waals surface area contributed by atoms with Crippen LogP contribution in [0.4, 0.5) is 0 Å². The summed E-state index contributed by atoms with van der Waals surface area (Å²) in [6.45, 7) is 8.42. The summed E-state index contributed by atoms with van der Waals surface area (Å²) < 4.78 is 0. The van der Waals surface area contributed by atoms with Gasteiger partial charge in [0.15, 0.2) is 5.96 Å². The van der Waals surface area contributed by atoms with Gasteiger partial charge < -0.3 is 15.5 Å². The largest absolute Gasteiger partial charge is 0.357 e. The van der Waals surface area contributed by atoms with Crippen LogP contribution in [-0.4, -0.2) is 44.0 Å². The van der Waals surface area contributed by atoms with Gasteiger partial charge in [-0.25, -0.2) is 4.99 Å². The zero-order valence-electron chi connectivity index (χ0n) is 18.3. The fourth-order valence-corrected chi connectivity index (χ4v) is 3.03. The van der Waals surface area contributed by atoms with Crippen molar-refractivity contribution in [2.45, 2.75) is 32.7 Å². The van der Waals surface area contributed by atoms with Crippen molar-refractivity contribution in [2.75, 3.05) is 27.2 Å². The van der Waals surface area contributed by atoms with E-state index >= 15 is 0 Å². The summed E-state index contributed by atoms with van der Waals surface area (Å²) in [5.74, 6) is 0.759. The Hall–Kier alpha value is -1.80. The Balaban J connectivity index is 0.00000450. The number of aliphatic imine (C=N–C) groups is 1. The van der Waals surface area contributed by atoms with E-state index in [0.29, 0.717) is 12.1 Å². The molecule has 0 heterocycles. The molecule has 2 aromatic rings. The van der Waals surface area contributed by atoms with Crippen LogP contribution in [0.15, 0.2) is 53.5 Å². The molecule has 0 atom stereocenters. The van der Waals surface area contributed by atoms with Crippen molar-refractivity contribution in [3.05, 3.63) is 70.2 Å². The fourth-order valence-electron chi connectivity index (χ4n) is 2.84. The monoisotopic (exact) mass is 542 g/mol. The number of carbonyl (C=O) groups excluding carboxylic acids is 1. The van der Waals surface area contributed by atoms with Gasteiger partial charge in [0.05, 0.1) is 6.54 Å². The Kier molecular flexibility index (Phi) is 10.6. The molecule has 0 fully saturated rings. The first-order valence-electron chi connectivity index (χ1n) is 9.82. The van der Waals surface area contributed by atoms with Crippen LogP contribution in [0.2, 0.25) is 5.02 Å². The maximum atomic E-state index is 12.0. The Labute approximate surface area is 202 Å². The normalized spacial score (nSPS) is 11.5. The topological polar surface area (TPSA) is 56.7 Å². The van der Waals surface area contributed by atoms with Crippen LogP contribution in [0.25, 0.3) is 0 Å². The first-order chi connectivity index (χ1) is 13.7. The van der Waals surface area contributed by atoms with E-state index < -0.39 is 0 Å². The molecule has 0 unspecified atom stereocenters. The zero-order valence-corrected chi connectivity index (χ0v) is 21.4. The van der Waals surface area contributed by atoms with Gasteiger partial charge in [0.25, 0.3) is 5.91 Å². The second-order valence-corrected chi connectivity index (χ2v) is 8.28. The van der Waals surface area contributed by atoms with Crippen molar-refractivity contribution in [1.29, 1.82) is 0 Å². The zero-order chi connectivity index (χ0) is 21.4. The van der Waals surface area contributed by atoms with Crippen molar-refractivity contribution in [3.8, 4) is 0 Å². The highest BCUT2D eigenvalue weighted by Gasteiger charge is 2.21. The molecule has 30 heavy (non-hydrogen) atoms. The van der Waals surface area contributed by atoms with Crippen LogP contribution < -0.4 is 10.6 Å². The summed E-state index contributed by atoms with van der Waals surface area (Å²) in [5.41, 5.74) is 2.80. The Morgan fingerprint density at radius 1 is 1.10 bits per heavy atom. The molecule has 0 aliphatic carbocycles. The van der Waals surface area contributed by atoms with Crippen LogP contribution >= 0.6 is 35.6 Å². The molecule has 5 nitrogen and oxygen atoms in total. The van der Waals surface area contributed by atoms with E-state index in [2.05, 4.69) is 35.5 Å². The molecule has 2 rings (SSSR count). The lowest BCUT2D eigenvalue weighted by Crippen LogP contribution is -2.43. The predicted octanol–water partition coefficient (Wildman–Crippen LogP) is 4.69. The first-order valence-corrected chi connectivity index (χ1v) is 10.2. The average Bonchev–Trinajstić information content (AvgIpc) is 2.70. The Morgan fingerprint density at radius 2 is 1.77 bits per heavy atom. The SMILES string of the molecule is CCNC(=NCc1ccc(C(=O)N(C)C)cc1)NCC(C)(C)c1cccc(Cl)c1.I. The molecule has 0 aliphatic rings. The smallest absolute Gasteiger partial charge is 0.253 e. The van der Waals surface area contributed by atoms with E-state index in [1.165, 1.54) is 5.56 Å². The van der Waals surface area contributed by atoms with Crippen LogP contribution in [0.1, 0.15) is 42.3 Å². The highest BCUT2D eigenvalue weighted by atomic mass is 127. The lowest BCUT2D eigenvalue weighted by Gasteiger charge is -2.27. The molecule has 1 amide bonds. The number of benzene rings is 2. The third kappa shape index (κ3) is 7.80. The lowest BCUT2D eigenvalue weighted by atomic mass is 9.84. The van der Waals surface area contributed by atoms with Gasteiger partial charge in [-0.2, -0.15) is 0 Å². The summed E-state index contributed by atoms with van der Waals surface area (Å²) in [6.07, 6.45) is 0. The van der Waals surface area contributed by atoms with E-state index in [9.17, 15) is 4.79 Å². The lowest BCUT2D eigenvalue weighted by molar-refractivity contribution is 0.0827. The number of hydrogen-bond donors (Lipinski definition) is 2. The average molecular weight is 543 g/mol. The molecular weight excluding hydrogens is 511 g/mol. The summed E-state index contributed by atoms with van der Waals surface area (Å²) in [7, 11) is 3.50. The molecule has 7 heteroatoms. The second-order valence-electron chi connectivity index (χ2n) is 7.84. The number of guanidine groups is 1. The van der Waals surface area contributed by atoms with Gasteiger partial charge in [0, 0.05) is 43.2 Å². The van der Waals surface area contributed by atoms with Crippen molar-refractivity contribution >= 4 is 47.4 Å². The highest BCUT2D eigenvalue weighted by Crippen LogP contribution is 2.24. The van der Waals surface area contributed by atoms with Gasteiger partial charge in [-0.15, -0.1) is 24.0 Å². The number of hydrogen-bond acceptors (Lipinski definition) is 2. The molecular formula is C23H32ClIN4O. The van der Waals surface area contributed by atoms with Crippen molar-refractivity contribution in [3.63, 3.8) is 0 Å². The van der Waals surface area contributed by atoms with Gasteiger partial charge in [-0.05, 0) is 42.3 Å². The van der Waals surface area contributed by atoms with E-state index in [-0.39, 0.29) is 35.3 Å². The number of nitrogens with zero attached hydrogens (tertiary/aromatic N) is 2. The summed E-state index contributed by atoms with van der Waals surface area (Å²) in [5, 5.41) is 7.46. The molecule has 2 N–H and O–H groups in total. The molecule has 2 aromatic carbocycles. The summed E-state index contributed by atoms with van der Waals surface area (Å²) in [4.78, 5) is 18.2. The number of nitrogens with one attached hydrogen (secondary N) is 2. The van der Waals surface area contributed by atoms with E-state index in [1.807, 2.05) is 49.4 Å². The van der Waals surface area contributed by atoms with Crippen LogP contribution in [0.3, 0.4) is 0 Å². The standard InChI is InChI=1S/C23H31ClN4O.HI/c1-6-25-22(27-16-23(2,3)19-8-7-9-20(24)14-19)26-15-17-10-12-18(13-11-17)21(29)28(4)5;/h7-14H,6,15-16H2,1-5H3,(H2,25,26,27);1H. The second kappa shape index (κ2) is 12.2. The molecule has 0 bridgehead atoms. The van der Waals surface area contributed by atoms with E-state index in [4.69, 9.17) is 11.6 Å². The van der Waals surface area contributed by atoms with E-state index in [0.717, 1.165) is 29.6 Å². The molecule has 0 radical (unpaired) electrons. The Bertz CT molecular complexity index is 851. The quantitative estimate of drug-likeness (QED) is 0.303. The maximum Gasteiger partial charge on any atom is 0.253 e. The first kappa shape index (κ1) is 26.2. The van der Waals surface area contributed by atoms with Crippen LogP contribution in [-0.2, 0) is 12.0 Å². The summed E-state index contributed by atoms with van der Waals surface area (Å²) in [6, 6.07) is 15.5. The number of halogens is 2. The highest BCUT2D eigenvalue weighted by molar-refractivity contribution is 14.0. The molecule has 164 valence electrons.